The number of carbonyl (C=O) groups excluding carboxylic acids is 3. The zero-order valence-corrected chi connectivity index (χ0v) is 26.1. The van der Waals surface area contributed by atoms with Gasteiger partial charge in [-0.25, -0.2) is 9.18 Å². The third kappa shape index (κ3) is 9.85. The number of carboxylic acids is 1. The molecule has 0 radical (unpaired) electrons. The zero-order valence-electron chi connectivity index (χ0n) is 26.1. The molecule has 3 N–H and O–H groups in total. The van der Waals surface area contributed by atoms with E-state index in [1.165, 1.54) is 30.6 Å². The van der Waals surface area contributed by atoms with Crippen LogP contribution in [0.4, 0.5) is 4.39 Å². The number of carboxylic acid groups (broad SMARTS) is 1. The number of hydrogen-bond acceptors (Lipinski definition) is 7. The van der Waals surface area contributed by atoms with E-state index in [0.717, 1.165) is 11.1 Å². The number of amides is 1. The van der Waals surface area contributed by atoms with Crippen LogP contribution in [-0.4, -0.2) is 50.3 Å². The second-order valence-corrected chi connectivity index (χ2v) is 11.9. The Morgan fingerprint density at radius 3 is 2.46 bits per heavy atom. The van der Waals surface area contributed by atoms with Gasteiger partial charge in [0.25, 0.3) is 5.91 Å². The highest BCUT2D eigenvalue weighted by Gasteiger charge is 2.24. The summed E-state index contributed by atoms with van der Waals surface area (Å²) >= 11 is 0. The molecule has 2 aromatic carbocycles. The van der Waals surface area contributed by atoms with Crippen molar-refractivity contribution in [1.82, 2.24) is 15.3 Å². The molecule has 0 bridgehead atoms. The molecule has 46 heavy (non-hydrogen) atoms. The van der Waals surface area contributed by atoms with Crippen molar-refractivity contribution in [3.63, 3.8) is 0 Å². The number of aliphatic carboxylic acids is 1. The van der Waals surface area contributed by atoms with Crippen LogP contribution in [0.25, 0.3) is 11.4 Å². The summed E-state index contributed by atoms with van der Waals surface area (Å²) in [5.74, 6) is -2.58. The van der Waals surface area contributed by atoms with Gasteiger partial charge in [-0.2, -0.15) is 0 Å². The van der Waals surface area contributed by atoms with Gasteiger partial charge in [0.15, 0.2) is 0 Å². The van der Waals surface area contributed by atoms with E-state index in [2.05, 4.69) is 15.3 Å². The number of nitrogens with one attached hydrogen (secondary N) is 2. The summed E-state index contributed by atoms with van der Waals surface area (Å²) in [6, 6.07) is 15.3. The van der Waals surface area contributed by atoms with Gasteiger partial charge < -0.3 is 24.9 Å². The lowest BCUT2D eigenvalue weighted by atomic mass is 10.0. The molecule has 0 saturated heterocycles. The summed E-state index contributed by atoms with van der Waals surface area (Å²) < 4.78 is 25.9. The van der Waals surface area contributed by atoms with E-state index >= 15 is 0 Å². The number of halogens is 1. The molecule has 1 atom stereocenters. The van der Waals surface area contributed by atoms with Crippen LogP contribution in [0.3, 0.4) is 0 Å². The van der Waals surface area contributed by atoms with Gasteiger partial charge in [-0.3, -0.25) is 19.4 Å². The van der Waals surface area contributed by atoms with Crippen molar-refractivity contribution in [2.75, 3.05) is 0 Å². The predicted molar refractivity (Wildman–Crippen MR) is 168 cm³/mol. The maximum Gasteiger partial charge on any atom is 0.326 e. The number of nitrogens with zero attached hydrogens (tertiary/aromatic N) is 1. The Kier molecular flexibility index (Phi) is 10.7. The highest BCUT2D eigenvalue weighted by Crippen LogP contribution is 2.27. The normalized spacial score (nSPS) is 11.8. The van der Waals surface area contributed by atoms with Gasteiger partial charge in [0.1, 0.15) is 34.7 Å². The number of hydrogen-bond donors (Lipinski definition) is 3. The van der Waals surface area contributed by atoms with Crippen molar-refractivity contribution in [2.45, 2.75) is 65.0 Å². The predicted octanol–water partition coefficient (Wildman–Crippen LogP) is 5.98. The number of benzene rings is 2. The van der Waals surface area contributed by atoms with E-state index < -0.39 is 35.3 Å². The monoisotopic (exact) mass is 629 g/mol. The number of ketones is 1. The number of H-pyrrole nitrogens is 1. The molecule has 0 aliphatic heterocycles. The van der Waals surface area contributed by atoms with Crippen molar-refractivity contribution in [2.24, 2.45) is 0 Å². The lowest BCUT2D eigenvalue weighted by Gasteiger charge is -2.20. The second-order valence-electron chi connectivity index (χ2n) is 11.9. The summed E-state index contributed by atoms with van der Waals surface area (Å²) in [6.45, 7) is 7.07. The third-order valence-electron chi connectivity index (χ3n) is 6.74. The molecule has 0 aliphatic carbocycles. The topological polar surface area (TPSA) is 148 Å². The van der Waals surface area contributed by atoms with E-state index in [1.807, 2.05) is 31.2 Å². The Morgan fingerprint density at radius 1 is 1.00 bits per heavy atom. The molecule has 0 saturated carbocycles. The number of carbonyl (C=O) groups is 4. The van der Waals surface area contributed by atoms with E-state index in [0.29, 0.717) is 17.1 Å². The maximum atomic E-state index is 14.9. The van der Waals surface area contributed by atoms with Crippen LogP contribution in [0.15, 0.2) is 73.1 Å². The molecule has 10 nitrogen and oxygen atoms in total. The average Bonchev–Trinajstić information content (AvgIpc) is 3.46. The summed E-state index contributed by atoms with van der Waals surface area (Å²) in [5, 5.41) is 12.0. The largest absolute Gasteiger partial charge is 0.480 e. The van der Waals surface area contributed by atoms with Gasteiger partial charge in [-0.05, 0) is 63.4 Å². The van der Waals surface area contributed by atoms with Gasteiger partial charge in [-0.1, -0.05) is 35.9 Å². The van der Waals surface area contributed by atoms with E-state index in [9.17, 15) is 28.7 Å². The lowest BCUT2D eigenvalue weighted by molar-refractivity contribution is -0.155. The minimum atomic E-state index is -1.30. The lowest BCUT2D eigenvalue weighted by Crippen LogP contribution is -2.41. The standard InChI is InChI=1S/C35H36FN3O7/c1-21-6-5-7-22(14-21)15-25(40)16-23-8-9-26(18-28(23)36)45-27-12-13-37-31(19-27)30-17-24(20-38-30)33(42)39-29(34(43)44)10-11-32(41)46-35(2,3)4/h5-9,12-14,17-20,29,38H,10-11,15-16H2,1-4H3,(H,39,42)(H,43,44)/t29-/m0/s1. The van der Waals surface area contributed by atoms with Crippen LogP contribution < -0.4 is 10.1 Å². The molecule has 2 heterocycles. The smallest absolute Gasteiger partial charge is 0.326 e. The van der Waals surface area contributed by atoms with Gasteiger partial charge in [0.05, 0.1) is 17.0 Å². The zero-order chi connectivity index (χ0) is 33.4. The quantitative estimate of drug-likeness (QED) is 0.153. The number of aryl methyl sites for hydroxylation is 1. The minimum absolute atomic E-state index is 0.0425. The molecule has 0 fully saturated rings. The molecule has 1 amide bonds. The van der Waals surface area contributed by atoms with Gasteiger partial charge in [0, 0.05) is 43.8 Å². The van der Waals surface area contributed by atoms with Crippen LogP contribution in [0, 0.1) is 12.7 Å². The summed E-state index contributed by atoms with van der Waals surface area (Å²) in [5.41, 5.74) is 2.51. The Bertz CT molecular complexity index is 1740. The fourth-order valence-corrected chi connectivity index (χ4v) is 4.64. The molecular formula is C35H36FN3O7. The van der Waals surface area contributed by atoms with Crippen molar-refractivity contribution >= 4 is 23.6 Å². The molecule has 4 aromatic rings. The molecule has 4 rings (SSSR count). The molecule has 240 valence electrons. The molecule has 2 aromatic heterocycles. The number of ether oxygens (including phenoxy) is 2. The average molecular weight is 630 g/mol. The Balaban J connectivity index is 1.36. The SMILES string of the molecule is Cc1cccc(CC(=O)Cc2ccc(Oc3ccnc(-c4cc(C(=O)N[C@@H](CCC(=O)OC(C)(C)C)C(=O)O)c[nH]4)c3)cc2F)c1. The summed E-state index contributed by atoms with van der Waals surface area (Å²) in [4.78, 5) is 56.3. The molecule has 0 unspecified atom stereocenters. The third-order valence-corrected chi connectivity index (χ3v) is 6.74. The number of rotatable bonds is 13. The highest BCUT2D eigenvalue weighted by molar-refractivity contribution is 5.97. The molecular weight excluding hydrogens is 593 g/mol. The Hall–Kier alpha value is -5.32. The second kappa shape index (κ2) is 14.6. The number of pyridine rings is 1. The first-order valence-electron chi connectivity index (χ1n) is 14.7. The molecule has 11 heteroatoms. The Morgan fingerprint density at radius 2 is 1.76 bits per heavy atom. The van der Waals surface area contributed by atoms with E-state index in [4.69, 9.17) is 9.47 Å². The first-order valence-corrected chi connectivity index (χ1v) is 14.7. The van der Waals surface area contributed by atoms with Crippen molar-refractivity contribution in [3.8, 4) is 22.9 Å². The molecule has 0 spiro atoms. The van der Waals surface area contributed by atoms with Crippen LogP contribution in [-0.2, 0) is 32.0 Å². The van der Waals surface area contributed by atoms with Crippen molar-refractivity contribution in [3.05, 3.63) is 101 Å². The first-order chi connectivity index (χ1) is 21.8. The summed E-state index contributed by atoms with van der Waals surface area (Å²) in [7, 11) is 0. The molecule has 0 aliphatic rings. The van der Waals surface area contributed by atoms with Crippen LogP contribution in [0.5, 0.6) is 11.5 Å². The summed E-state index contributed by atoms with van der Waals surface area (Å²) in [6.07, 6.45) is 2.74. The van der Waals surface area contributed by atoms with Gasteiger partial charge in [-0.15, -0.1) is 0 Å². The fourth-order valence-electron chi connectivity index (χ4n) is 4.64. The van der Waals surface area contributed by atoms with Gasteiger partial charge in [0.2, 0.25) is 0 Å². The number of esters is 1. The minimum Gasteiger partial charge on any atom is -0.480 e. The number of aromatic amines is 1. The van der Waals surface area contributed by atoms with E-state index in [-0.39, 0.29) is 48.3 Å². The Labute approximate surface area is 266 Å². The maximum absolute atomic E-state index is 14.9. The fraction of sp³-hybridized carbons (Fsp3) is 0.286. The highest BCUT2D eigenvalue weighted by atomic mass is 19.1. The van der Waals surface area contributed by atoms with Gasteiger partial charge >= 0.3 is 11.9 Å². The first kappa shape index (κ1) is 33.6. The van der Waals surface area contributed by atoms with Crippen LogP contribution in [0.1, 0.15) is 60.7 Å². The van der Waals surface area contributed by atoms with E-state index in [1.54, 1.807) is 39.0 Å². The number of Topliss-reactive ketones (excluding diaryl/α,β-unsaturated/α-hetero) is 1. The van der Waals surface area contributed by atoms with Crippen molar-refractivity contribution < 1.29 is 38.1 Å². The van der Waals surface area contributed by atoms with Crippen molar-refractivity contribution in [1.29, 1.82) is 0 Å². The van der Waals surface area contributed by atoms with Crippen LogP contribution >= 0.6 is 0 Å². The number of aromatic nitrogens is 2. The van der Waals surface area contributed by atoms with Crippen LogP contribution in [0.2, 0.25) is 0 Å².